The Morgan fingerprint density at radius 2 is 1.56 bits per heavy atom. The summed E-state index contributed by atoms with van der Waals surface area (Å²) in [5.41, 5.74) is 1.41. The van der Waals surface area contributed by atoms with Crippen LogP contribution in [0.25, 0.3) is 0 Å². The van der Waals surface area contributed by atoms with Gasteiger partial charge in [0.25, 0.3) is 0 Å². The third-order valence-corrected chi connectivity index (χ3v) is 7.14. The zero-order valence-electron chi connectivity index (χ0n) is 22.0. The third kappa shape index (κ3) is 8.21. The minimum atomic E-state index is -4.74. The number of hydrogen-bond acceptors (Lipinski definition) is 9. The first-order chi connectivity index (χ1) is 19.0. The molecule has 1 amide bonds. The van der Waals surface area contributed by atoms with E-state index in [2.05, 4.69) is 4.18 Å². The summed E-state index contributed by atoms with van der Waals surface area (Å²) in [7, 11) is -4.74. The first-order valence-corrected chi connectivity index (χ1v) is 13.9. The van der Waals surface area contributed by atoms with Gasteiger partial charge in [0.15, 0.2) is 0 Å². The number of unbranched alkanes of at least 4 members (excludes halogenated alkanes) is 1. The number of amides is 1. The van der Waals surface area contributed by atoms with Crippen LogP contribution >= 0.6 is 0 Å². The van der Waals surface area contributed by atoms with E-state index in [9.17, 15) is 36.8 Å². The molecule has 1 aliphatic heterocycles. The number of carbonyl (C=O) groups is 1. The average Bonchev–Trinajstić information content (AvgIpc) is 2.90. The predicted octanol–water partition coefficient (Wildman–Crippen LogP) is 4.69. The molecule has 0 radical (unpaired) electrons. The van der Waals surface area contributed by atoms with E-state index in [0.29, 0.717) is 29.0 Å². The molecule has 3 aromatic rings. The maximum atomic E-state index is 13.5. The molecule has 5 N–H and O–H groups in total. The summed E-state index contributed by atoms with van der Waals surface area (Å²) in [6.45, 7) is -0.0832. The minimum Gasteiger partial charge on any atom is -0.726 e. The van der Waals surface area contributed by atoms with E-state index in [1.807, 2.05) is 0 Å². The van der Waals surface area contributed by atoms with E-state index in [4.69, 9.17) is 4.74 Å². The number of anilines is 1. The SMILES string of the molecule is N.O=C1[C@H](CC[C@H](O)c2ccc(F)cc2)[C@@H](c2ccc(OCCCCOS(=O)(=O)[O-])cc2O)N1c1ccc(F)cc1. The highest BCUT2D eigenvalue weighted by Gasteiger charge is 2.49. The number of aliphatic hydroxyl groups is 1. The van der Waals surface area contributed by atoms with Crippen molar-refractivity contribution >= 4 is 22.0 Å². The van der Waals surface area contributed by atoms with Crippen molar-refractivity contribution in [1.29, 1.82) is 0 Å². The lowest BCUT2D eigenvalue weighted by Crippen LogP contribution is -2.55. The van der Waals surface area contributed by atoms with Crippen LogP contribution < -0.4 is 15.8 Å². The second-order valence-corrected chi connectivity index (χ2v) is 10.4. The normalized spacial score (nSPS) is 17.5. The van der Waals surface area contributed by atoms with Crippen LogP contribution in [0, 0.1) is 17.6 Å². The lowest BCUT2D eigenvalue weighted by molar-refractivity contribution is -0.131. The van der Waals surface area contributed by atoms with Crippen LogP contribution in [0.2, 0.25) is 0 Å². The quantitative estimate of drug-likeness (QED) is 0.110. The number of nitrogens with zero attached hydrogens (tertiary/aromatic N) is 1. The van der Waals surface area contributed by atoms with Gasteiger partial charge in [0.1, 0.15) is 23.1 Å². The summed E-state index contributed by atoms with van der Waals surface area (Å²) in [5.74, 6) is -1.52. The number of carbonyl (C=O) groups excluding carboxylic acids is 1. The van der Waals surface area contributed by atoms with Gasteiger partial charge in [-0.3, -0.25) is 8.98 Å². The van der Waals surface area contributed by atoms with Crippen molar-refractivity contribution in [2.45, 2.75) is 37.8 Å². The Labute approximate surface area is 236 Å². The third-order valence-electron chi connectivity index (χ3n) is 6.68. The molecule has 0 spiro atoms. The molecule has 13 heteroatoms. The van der Waals surface area contributed by atoms with Gasteiger partial charge in [-0.05, 0) is 79.8 Å². The number of hydrogen-bond donors (Lipinski definition) is 3. The van der Waals surface area contributed by atoms with Crippen LogP contribution in [0.5, 0.6) is 11.5 Å². The molecule has 41 heavy (non-hydrogen) atoms. The largest absolute Gasteiger partial charge is 0.726 e. The Hall–Kier alpha value is -3.62. The fraction of sp³-hybridized carbons (Fsp3) is 0.321. The molecule has 3 aromatic carbocycles. The average molecular weight is 594 g/mol. The monoisotopic (exact) mass is 593 g/mol. The first-order valence-electron chi connectivity index (χ1n) is 12.6. The van der Waals surface area contributed by atoms with Gasteiger partial charge >= 0.3 is 0 Å². The van der Waals surface area contributed by atoms with Crippen LogP contribution in [0.4, 0.5) is 14.5 Å². The molecule has 0 bridgehead atoms. The van der Waals surface area contributed by atoms with Crippen LogP contribution in [0.3, 0.4) is 0 Å². The smallest absolute Gasteiger partial charge is 0.233 e. The van der Waals surface area contributed by atoms with E-state index in [0.717, 1.165) is 0 Å². The molecule has 222 valence electrons. The van der Waals surface area contributed by atoms with Gasteiger partial charge in [-0.1, -0.05) is 12.1 Å². The summed E-state index contributed by atoms with van der Waals surface area (Å²) in [6, 6.07) is 14.9. The molecular weight excluding hydrogens is 562 g/mol. The molecule has 0 saturated carbocycles. The molecule has 0 aliphatic carbocycles. The van der Waals surface area contributed by atoms with Crippen molar-refractivity contribution in [1.82, 2.24) is 6.15 Å². The van der Waals surface area contributed by atoms with E-state index < -0.39 is 40.1 Å². The van der Waals surface area contributed by atoms with Crippen molar-refractivity contribution in [2.75, 3.05) is 18.1 Å². The predicted molar refractivity (Wildman–Crippen MR) is 144 cm³/mol. The highest BCUT2D eigenvalue weighted by Crippen LogP contribution is 2.49. The van der Waals surface area contributed by atoms with Crippen molar-refractivity contribution < 1.29 is 45.7 Å². The Bertz CT molecular complexity index is 1420. The van der Waals surface area contributed by atoms with Gasteiger partial charge in [0.05, 0.1) is 31.3 Å². The van der Waals surface area contributed by atoms with Crippen molar-refractivity contribution in [2.24, 2.45) is 5.92 Å². The number of phenolic OH excluding ortho intramolecular Hbond substituents is 1. The summed E-state index contributed by atoms with van der Waals surface area (Å²) < 4.78 is 67.9. The lowest BCUT2D eigenvalue weighted by Gasteiger charge is -2.48. The van der Waals surface area contributed by atoms with Gasteiger partial charge < -0.3 is 30.6 Å². The van der Waals surface area contributed by atoms with E-state index in [1.165, 1.54) is 59.5 Å². The standard InChI is InChI=1S/C28H29F2NO8S.H3N/c29-19-5-3-18(4-6-19)25(32)14-13-24-27(31(28(24)34)21-9-7-20(30)8-10-21)23-12-11-22(17-26(23)33)38-15-1-2-16-39-40(35,36)37;/h3-12,17,24-25,27,32-33H,1-2,13-16H2,(H,35,36,37);1H3/p-1/t24-,25+,27-;/m1./s1. The van der Waals surface area contributed by atoms with E-state index >= 15 is 0 Å². The highest BCUT2D eigenvalue weighted by atomic mass is 32.3. The Morgan fingerprint density at radius 3 is 2.17 bits per heavy atom. The number of aromatic hydroxyl groups is 1. The van der Waals surface area contributed by atoms with Crippen LogP contribution in [-0.4, -0.2) is 42.3 Å². The first kappa shape index (κ1) is 31.9. The van der Waals surface area contributed by atoms with Crippen molar-refractivity contribution in [3.8, 4) is 11.5 Å². The molecule has 1 heterocycles. The number of ether oxygens (including phenoxy) is 1. The van der Waals surface area contributed by atoms with E-state index in [-0.39, 0.29) is 50.3 Å². The molecule has 10 nitrogen and oxygen atoms in total. The molecule has 1 fully saturated rings. The number of aliphatic hydroxyl groups excluding tert-OH is 1. The molecular formula is C28H31F2N2O8S-. The fourth-order valence-electron chi connectivity index (χ4n) is 4.68. The zero-order valence-corrected chi connectivity index (χ0v) is 22.8. The number of benzene rings is 3. The molecule has 1 saturated heterocycles. The number of β-lactam (4-membered cyclic amide) rings is 1. The second-order valence-electron chi connectivity index (χ2n) is 9.39. The number of phenols is 1. The summed E-state index contributed by atoms with van der Waals surface area (Å²) >= 11 is 0. The van der Waals surface area contributed by atoms with Gasteiger partial charge in [-0.25, -0.2) is 17.2 Å². The van der Waals surface area contributed by atoms with E-state index in [1.54, 1.807) is 12.1 Å². The maximum absolute atomic E-state index is 13.5. The molecule has 0 unspecified atom stereocenters. The summed E-state index contributed by atoms with van der Waals surface area (Å²) in [6.07, 6.45) is 0.241. The van der Waals surface area contributed by atoms with Gasteiger partial charge in [0, 0.05) is 17.3 Å². The maximum Gasteiger partial charge on any atom is 0.233 e. The second kappa shape index (κ2) is 13.8. The Morgan fingerprint density at radius 1 is 0.951 bits per heavy atom. The van der Waals surface area contributed by atoms with Gasteiger partial charge in [0.2, 0.25) is 16.3 Å². The Kier molecular flexibility index (Phi) is 10.8. The fourth-order valence-corrected chi connectivity index (χ4v) is 5.00. The lowest BCUT2D eigenvalue weighted by atomic mass is 9.78. The zero-order chi connectivity index (χ0) is 28.9. The summed E-state index contributed by atoms with van der Waals surface area (Å²) in [4.78, 5) is 14.7. The molecule has 0 aromatic heterocycles. The number of rotatable bonds is 13. The van der Waals surface area contributed by atoms with Crippen LogP contribution in [0.15, 0.2) is 66.7 Å². The molecule has 4 rings (SSSR count). The van der Waals surface area contributed by atoms with Crippen molar-refractivity contribution in [3.05, 3.63) is 89.5 Å². The Balaban J connectivity index is 0.00000462. The molecule has 3 atom stereocenters. The van der Waals surface area contributed by atoms with Crippen LogP contribution in [-0.2, 0) is 19.4 Å². The van der Waals surface area contributed by atoms with Crippen LogP contribution in [0.1, 0.15) is 49.0 Å². The highest BCUT2D eigenvalue weighted by molar-refractivity contribution is 7.80. The van der Waals surface area contributed by atoms with Gasteiger partial charge in [-0.2, -0.15) is 0 Å². The minimum absolute atomic E-state index is 0. The number of halogens is 2. The summed E-state index contributed by atoms with van der Waals surface area (Å²) in [5, 5.41) is 21.5. The molecule has 1 aliphatic rings. The van der Waals surface area contributed by atoms with Gasteiger partial charge in [-0.15, -0.1) is 0 Å². The van der Waals surface area contributed by atoms with Crippen molar-refractivity contribution in [3.63, 3.8) is 0 Å². The topological polar surface area (TPSA) is 171 Å².